The van der Waals surface area contributed by atoms with Crippen LogP contribution in [0.4, 0.5) is 0 Å². The first-order valence-electron chi connectivity index (χ1n) is 6.88. The molecule has 1 aromatic rings. The zero-order valence-electron chi connectivity index (χ0n) is 12.3. The average molecular weight is 286 g/mol. The van der Waals surface area contributed by atoms with E-state index in [2.05, 4.69) is 31.1 Å². The van der Waals surface area contributed by atoms with E-state index in [9.17, 15) is 5.11 Å². The van der Waals surface area contributed by atoms with E-state index in [0.717, 1.165) is 17.1 Å². The molecule has 5 heteroatoms. The standard InChI is InChI=1S/C14H26N2O2S/c1-10(2)5-11(3)18-8-14(17)7-15-6-13-9-19-12(4)16-13/h9-11,14-15,17H,5-8H2,1-4H3. The minimum atomic E-state index is -0.464. The van der Waals surface area contributed by atoms with Crippen molar-refractivity contribution < 1.29 is 9.84 Å². The van der Waals surface area contributed by atoms with Gasteiger partial charge in [0.15, 0.2) is 0 Å². The van der Waals surface area contributed by atoms with E-state index >= 15 is 0 Å². The fourth-order valence-corrected chi connectivity index (χ4v) is 2.54. The van der Waals surface area contributed by atoms with E-state index in [1.807, 2.05) is 12.3 Å². The van der Waals surface area contributed by atoms with Gasteiger partial charge in [0.2, 0.25) is 0 Å². The molecule has 0 aliphatic heterocycles. The topological polar surface area (TPSA) is 54.4 Å². The quantitative estimate of drug-likeness (QED) is 0.732. The van der Waals surface area contributed by atoms with Crippen LogP contribution in [-0.2, 0) is 11.3 Å². The maximum Gasteiger partial charge on any atom is 0.0897 e. The molecule has 2 atom stereocenters. The van der Waals surface area contributed by atoms with Crippen LogP contribution in [0.2, 0.25) is 0 Å². The number of hydrogen-bond acceptors (Lipinski definition) is 5. The van der Waals surface area contributed by atoms with Crippen LogP contribution in [0.15, 0.2) is 5.38 Å². The Bertz CT molecular complexity index is 355. The van der Waals surface area contributed by atoms with Crippen LogP contribution in [0.5, 0.6) is 0 Å². The van der Waals surface area contributed by atoms with Crippen LogP contribution in [-0.4, -0.2) is 35.5 Å². The lowest BCUT2D eigenvalue weighted by Crippen LogP contribution is -2.31. The zero-order chi connectivity index (χ0) is 14.3. The highest BCUT2D eigenvalue weighted by molar-refractivity contribution is 7.09. The molecule has 0 aromatic carbocycles. The second-order valence-electron chi connectivity index (χ2n) is 5.42. The number of hydrogen-bond donors (Lipinski definition) is 2. The number of thiazole rings is 1. The van der Waals surface area contributed by atoms with Gasteiger partial charge in [0, 0.05) is 18.5 Å². The third-order valence-corrected chi connectivity index (χ3v) is 3.55. The fraction of sp³-hybridized carbons (Fsp3) is 0.786. The summed E-state index contributed by atoms with van der Waals surface area (Å²) in [4.78, 5) is 4.36. The predicted molar refractivity (Wildman–Crippen MR) is 79.4 cm³/mol. The van der Waals surface area contributed by atoms with Crippen molar-refractivity contribution in [2.24, 2.45) is 5.92 Å². The van der Waals surface area contributed by atoms with Crippen molar-refractivity contribution in [3.05, 3.63) is 16.1 Å². The van der Waals surface area contributed by atoms with Gasteiger partial charge in [-0.25, -0.2) is 4.98 Å². The summed E-state index contributed by atoms with van der Waals surface area (Å²) < 4.78 is 5.62. The van der Waals surface area contributed by atoms with Crippen LogP contribution in [0, 0.1) is 12.8 Å². The highest BCUT2D eigenvalue weighted by Gasteiger charge is 2.09. The molecule has 2 unspecified atom stereocenters. The Kier molecular flexibility index (Phi) is 7.53. The third kappa shape index (κ3) is 7.62. The van der Waals surface area contributed by atoms with E-state index in [-0.39, 0.29) is 6.10 Å². The average Bonchev–Trinajstić information content (AvgIpc) is 2.71. The van der Waals surface area contributed by atoms with Crippen LogP contribution in [0.3, 0.4) is 0 Å². The molecule has 2 N–H and O–H groups in total. The summed E-state index contributed by atoms with van der Waals surface area (Å²) in [5, 5.41) is 16.1. The molecule has 0 spiro atoms. The molecular weight excluding hydrogens is 260 g/mol. The Labute approximate surface area is 120 Å². The number of nitrogens with one attached hydrogen (secondary N) is 1. The van der Waals surface area contributed by atoms with Gasteiger partial charge in [-0.15, -0.1) is 11.3 Å². The van der Waals surface area contributed by atoms with Gasteiger partial charge in [0.05, 0.1) is 29.5 Å². The molecule has 110 valence electrons. The lowest BCUT2D eigenvalue weighted by molar-refractivity contribution is -0.00859. The van der Waals surface area contributed by atoms with Gasteiger partial charge in [-0.1, -0.05) is 13.8 Å². The highest BCUT2D eigenvalue weighted by atomic mass is 32.1. The van der Waals surface area contributed by atoms with Crippen molar-refractivity contribution in [2.75, 3.05) is 13.2 Å². The molecular formula is C14H26N2O2S. The van der Waals surface area contributed by atoms with E-state index in [1.165, 1.54) is 0 Å². The van der Waals surface area contributed by atoms with E-state index in [0.29, 0.717) is 25.6 Å². The number of aliphatic hydroxyl groups excluding tert-OH is 1. The summed E-state index contributed by atoms with van der Waals surface area (Å²) in [6.07, 6.45) is 0.767. The first kappa shape index (κ1) is 16.6. The Morgan fingerprint density at radius 2 is 2.16 bits per heavy atom. The normalized spacial score (nSPS) is 14.8. The Hall–Kier alpha value is -0.490. The van der Waals surface area contributed by atoms with Crippen LogP contribution in [0.25, 0.3) is 0 Å². The molecule has 0 fully saturated rings. The monoisotopic (exact) mass is 286 g/mol. The SMILES string of the molecule is Cc1nc(CNCC(O)COC(C)CC(C)C)cs1. The van der Waals surface area contributed by atoms with Crippen molar-refractivity contribution in [2.45, 2.75) is 52.9 Å². The number of rotatable bonds is 9. The van der Waals surface area contributed by atoms with Crippen LogP contribution in [0.1, 0.15) is 37.9 Å². The lowest BCUT2D eigenvalue weighted by atomic mass is 10.1. The van der Waals surface area contributed by atoms with E-state index in [4.69, 9.17) is 4.74 Å². The summed E-state index contributed by atoms with van der Waals surface area (Å²) in [7, 11) is 0. The third-order valence-electron chi connectivity index (χ3n) is 2.73. The molecule has 0 saturated heterocycles. The maximum absolute atomic E-state index is 9.81. The number of aliphatic hydroxyl groups is 1. The fourth-order valence-electron chi connectivity index (χ4n) is 1.92. The zero-order valence-corrected chi connectivity index (χ0v) is 13.2. The second kappa shape index (κ2) is 8.64. The van der Waals surface area contributed by atoms with Gasteiger partial charge in [0.25, 0.3) is 0 Å². The van der Waals surface area contributed by atoms with Crippen molar-refractivity contribution in [1.82, 2.24) is 10.3 Å². The summed E-state index contributed by atoms with van der Waals surface area (Å²) in [5.74, 6) is 0.623. The lowest BCUT2D eigenvalue weighted by Gasteiger charge is -2.18. The summed E-state index contributed by atoms with van der Waals surface area (Å²) in [5.41, 5.74) is 1.03. The number of aryl methyl sites for hydroxylation is 1. The van der Waals surface area contributed by atoms with Crippen LogP contribution >= 0.6 is 11.3 Å². The molecule has 4 nitrogen and oxygen atoms in total. The summed E-state index contributed by atoms with van der Waals surface area (Å²) >= 11 is 1.64. The van der Waals surface area contributed by atoms with E-state index in [1.54, 1.807) is 11.3 Å². The van der Waals surface area contributed by atoms with Crippen molar-refractivity contribution in [3.63, 3.8) is 0 Å². The van der Waals surface area contributed by atoms with Gasteiger partial charge >= 0.3 is 0 Å². The predicted octanol–water partition coefficient (Wildman–Crippen LogP) is 2.35. The van der Waals surface area contributed by atoms with Gasteiger partial charge in [-0.3, -0.25) is 0 Å². The first-order chi connectivity index (χ1) is 8.97. The van der Waals surface area contributed by atoms with Crippen LogP contribution < -0.4 is 5.32 Å². The molecule has 1 aromatic heterocycles. The number of ether oxygens (including phenoxy) is 1. The summed E-state index contributed by atoms with van der Waals surface area (Å²) in [6.45, 7) is 10.0. The Balaban J connectivity index is 2.09. The maximum atomic E-state index is 9.81. The first-order valence-corrected chi connectivity index (χ1v) is 7.76. The second-order valence-corrected chi connectivity index (χ2v) is 6.48. The van der Waals surface area contributed by atoms with Gasteiger partial charge < -0.3 is 15.2 Å². The highest BCUT2D eigenvalue weighted by Crippen LogP contribution is 2.08. The molecule has 1 heterocycles. The molecule has 0 aliphatic carbocycles. The minimum absolute atomic E-state index is 0.204. The molecule has 0 radical (unpaired) electrons. The largest absolute Gasteiger partial charge is 0.389 e. The summed E-state index contributed by atoms with van der Waals surface area (Å²) in [6, 6.07) is 0. The molecule has 0 amide bonds. The molecule has 0 saturated carbocycles. The van der Waals surface area contributed by atoms with E-state index < -0.39 is 6.10 Å². The molecule has 0 bridgehead atoms. The smallest absolute Gasteiger partial charge is 0.0897 e. The van der Waals surface area contributed by atoms with Crippen molar-refractivity contribution in [3.8, 4) is 0 Å². The van der Waals surface area contributed by atoms with Gasteiger partial charge in [-0.2, -0.15) is 0 Å². The Morgan fingerprint density at radius 1 is 1.42 bits per heavy atom. The molecule has 0 aliphatic rings. The van der Waals surface area contributed by atoms with Gasteiger partial charge in [0.1, 0.15) is 0 Å². The number of aromatic nitrogens is 1. The Morgan fingerprint density at radius 3 is 2.74 bits per heavy atom. The molecule has 1 rings (SSSR count). The van der Waals surface area contributed by atoms with Crippen molar-refractivity contribution in [1.29, 1.82) is 0 Å². The van der Waals surface area contributed by atoms with Gasteiger partial charge in [-0.05, 0) is 26.2 Å². The van der Waals surface area contributed by atoms with Crippen molar-refractivity contribution >= 4 is 11.3 Å². The minimum Gasteiger partial charge on any atom is -0.389 e. The molecule has 19 heavy (non-hydrogen) atoms. The number of nitrogens with zero attached hydrogens (tertiary/aromatic N) is 1.